The molecular weight excluding hydrogens is 384 g/mol. The number of ether oxygens (including phenoxy) is 1. The van der Waals surface area contributed by atoms with E-state index in [9.17, 15) is 9.59 Å². The van der Waals surface area contributed by atoms with Gasteiger partial charge >= 0.3 is 5.63 Å². The Bertz CT molecular complexity index is 851. The van der Waals surface area contributed by atoms with E-state index in [0.29, 0.717) is 17.2 Å². The van der Waals surface area contributed by atoms with Crippen LogP contribution in [-0.2, 0) is 4.79 Å². The fraction of sp³-hybridized carbons (Fsp3) is 0.444. The van der Waals surface area contributed by atoms with Gasteiger partial charge in [-0.25, -0.2) is 9.79 Å². The topological polar surface area (TPSA) is 140 Å². The smallest absolute Gasteiger partial charge is 0.339 e. The van der Waals surface area contributed by atoms with Gasteiger partial charge in [-0.2, -0.15) is 0 Å². The van der Waals surface area contributed by atoms with Crippen LogP contribution in [0.4, 0.5) is 0 Å². The number of rotatable bonds is 9. The molecule has 0 saturated heterocycles. The van der Waals surface area contributed by atoms with Crippen molar-refractivity contribution in [3.63, 3.8) is 0 Å². The molecule has 2 rings (SSSR count). The zero-order chi connectivity index (χ0) is 20.7. The summed E-state index contributed by atoms with van der Waals surface area (Å²) >= 11 is 1.23. The van der Waals surface area contributed by atoms with E-state index in [-0.39, 0.29) is 23.8 Å². The van der Waals surface area contributed by atoms with Crippen LogP contribution < -0.4 is 21.4 Å². The predicted molar refractivity (Wildman–Crippen MR) is 108 cm³/mol. The molecular formula is C18H24N4O5S. The summed E-state index contributed by atoms with van der Waals surface area (Å²) in [6.07, 6.45) is 2.81. The molecule has 0 aromatic carbocycles. The van der Waals surface area contributed by atoms with Crippen LogP contribution in [0.25, 0.3) is 0 Å². The number of hydrogen-bond donors (Lipinski definition) is 3. The lowest BCUT2D eigenvalue weighted by atomic mass is 10.1. The number of nitrogens with one attached hydrogen (secondary N) is 1. The van der Waals surface area contributed by atoms with Crippen molar-refractivity contribution in [2.75, 3.05) is 12.4 Å². The molecule has 1 aromatic rings. The highest BCUT2D eigenvalue weighted by atomic mass is 32.2. The van der Waals surface area contributed by atoms with Gasteiger partial charge in [-0.1, -0.05) is 31.2 Å². The summed E-state index contributed by atoms with van der Waals surface area (Å²) in [6, 6.07) is 2.22. The first-order chi connectivity index (χ1) is 13.3. The van der Waals surface area contributed by atoms with E-state index >= 15 is 0 Å². The summed E-state index contributed by atoms with van der Waals surface area (Å²) in [4.78, 5) is 28.9. The number of oxime groups is 1. The SMILES string of the molecule is C=CCOc1cc([C@@H](CCC)NC(=O)[C@]2(N)CSC(/C(C)=N\O)=N2)oc(=O)c1. The van der Waals surface area contributed by atoms with Gasteiger partial charge in [0.25, 0.3) is 5.91 Å². The second-order valence-corrected chi connectivity index (χ2v) is 7.21. The first-order valence-electron chi connectivity index (χ1n) is 8.73. The van der Waals surface area contributed by atoms with Crippen molar-refractivity contribution >= 4 is 28.4 Å². The van der Waals surface area contributed by atoms with Crippen molar-refractivity contribution in [3.8, 4) is 5.75 Å². The molecule has 0 unspecified atom stereocenters. The van der Waals surface area contributed by atoms with Gasteiger partial charge in [0.2, 0.25) is 0 Å². The molecule has 10 heteroatoms. The number of amides is 1. The summed E-state index contributed by atoms with van der Waals surface area (Å²) in [6.45, 7) is 7.31. The fourth-order valence-corrected chi connectivity index (χ4v) is 3.54. The van der Waals surface area contributed by atoms with Crippen LogP contribution in [-0.4, -0.2) is 39.9 Å². The van der Waals surface area contributed by atoms with Crippen molar-refractivity contribution < 1.29 is 19.2 Å². The second kappa shape index (κ2) is 9.56. The van der Waals surface area contributed by atoms with Gasteiger partial charge in [0.1, 0.15) is 28.9 Å². The number of carbonyl (C=O) groups is 1. The van der Waals surface area contributed by atoms with Gasteiger partial charge in [-0.05, 0) is 13.3 Å². The second-order valence-electron chi connectivity index (χ2n) is 6.24. The van der Waals surface area contributed by atoms with Crippen LogP contribution in [0.2, 0.25) is 0 Å². The number of aliphatic imine (C=N–C) groups is 1. The monoisotopic (exact) mass is 408 g/mol. The van der Waals surface area contributed by atoms with Crippen molar-refractivity contribution in [2.45, 2.75) is 38.4 Å². The van der Waals surface area contributed by atoms with Gasteiger partial charge < -0.3 is 19.7 Å². The van der Waals surface area contributed by atoms with Crippen LogP contribution in [0.1, 0.15) is 38.5 Å². The van der Waals surface area contributed by atoms with E-state index < -0.39 is 23.2 Å². The highest BCUT2D eigenvalue weighted by molar-refractivity contribution is 8.16. The first kappa shape index (κ1) is 21.7. The van der Waals surface area contributed by atoms with Crippen LogP contribution in [0.15, 0.2) is 44.1 Å². The van der Waals surface area contributed by atoms with Gasteiger partial charge in [-0.15, -0.1) is 11.8 Å². The lowest BCUT2D eigenvalue weighted by molar-refractivity contribution is -0.126. The lowest BCUT2D eigenvalue weighted by Gasteiger charge is -2.24. The van der Waals surface area contributed by atoms with Crippen molar-refractivity contribution in [1.82, 2.24) is 5.32 Å². The Morgan fingerprint density at radius 1 is 1.64 bits per heavy atom. The third kappa shape index (κ3) is 5.23. The van der Waals surface area contributed by atoms with E-state index in [1.807, 2.05) is 6.92 Å². The molecule has 0 bridgehead atoms. The maximum absolute atomic E-state index is 12.8. The Balaban J connectivity index is 2.24. The molecule has 152 valence electrons. The van der Waals surface area contributed by atoms with E-state index in [1.165, 1.54) is 17.8 Å². The van der Waals surface area contributed by atoms with Crippen molar-refractivity contribution in [2.24, 2.45) is 15.9 Å². The molecule has 0 aliphatic carbocycles. The number of carbonyl (C=O) groups excluding carboxylic acids is 1. The number of nitrogens with two attached hydrogens (primary N) is 1. The van der Waals surface area contributed by atoms with E-state index in [2.05, 4.69) is 22.0 Å². The van der Waals surface area contributed by atoms with Gasteiger partial charge in [-0.3, -0.25) is 10.5 Å². The Labute approximate surface area is 166 Å². The number of nitrogens with zero attached hydrogens (tertiary/aromatic N) is 2. The zero-order valence-electron chi connectivity index (χ0n) is 15.8. The molecule has 0 spiro atoms. The predicted octanol–water partition coefficient (Wildman–Crippen LogP) is 1.81. The number of thioether (sulfide) groups is 1. The summed E-state index contributed by atoms with van der Waals surface area (Å²) in [7, 11) is 0. The molecule has 4 N–H and O–H groups in total. The molecule has 1 aliphatic rings. The molecule has 1 aliphatic heterocycles. The highest BCUT2D eigenvalue weighted by Crippen LogP contribution is 2.27. The number of hydrogen-bond acceptors (Lipinski definition) is 9. The molecule has 0 fully saturated rings. The third-order valence-corrected chi connectivity index (χ3v) is 5.18. The Morgan fingerprint density at radius 2 is 2.39 bits per heavy atom. The van der Waals surface area contributed by atoms with Crippen LogP contribution >= 0.6 is 11.8 Å². The minimum atomic E-state index is -1.50. The molecule has 1 aromatic heterocycles. The summed E-state index contributed by atoms with van der Waals surface area (Å²) in [5, 5.41) is 15.2. The molecule has 9 nitrogen and oxygen atoms in total. The van der Waals surface area contributed by atoms with Gasteiger partial charge in [0.15, 0.2) is 5.66 Å². The lowest BCUT2D eigenvalue weighted by Crippen LogP contribution is -2.54. The Morgan fingerprint density at radius 3 is 3.04 bits per heavy atom. The van der Waals surface area contributed by atoms with E-state index in [4.69, 9.17) is 20.1 Å². The normalized spacial score (nSPS) is 20.4. The quantitative estimate of drug-likeness (QED) is 0.245. The molecule has 0 radical (unpaired) electrons. The largest absolute Gasteiger partial charge is 0.489 e. The average Bonchev–Trinajstić information content (AvgIpc) is 3.08. The minimum Gasteiger partial charge on any atom is -0.489 e. The molecule has 2 heterocycles. The first-order valence-corrected chi connectivity index (χ1v) is 9.71. The summed E-state index contributed by atoms with van der Waals surface area (Å²) in [5.74, 6) is 0.287. The Hall–Kier alpha value is -2.59. The van der Waals surface area contributed by atoms with E-state index in [1.54, 1.807) is 19.1 Å². The van der Waals surface area contributed by atoms with Crippen molar-refractivity contribution in [3.05, 3.63) is 41.0 Å². The van der Waals surface area contributed by atoms with Crippen LogP contribution in [0.3, 0.4) is 0 Å². The van der Waals surface area contributed by atoms with Crippen LogP contribution in [0.5, 0.6) is 5.75 Å². The maximum Gasteiger partial charge on any atom is 0.339 e. The molecule has 1 amide bonds. The minimum absolute atomic E-state index is 0.201. The van der Waals surface area contributed by atoms with Gasteiger partial charge in [0, 0.05) is 11.8 Å². The van der Waals surface area contributed by atoms with Gasteiger partial charge in [0.05, 0.1) is 12.1 Å². The fourth-order valence-electron chi connectivity index (χ4n) is 2.51. The van der Waals surface area contributed by atoms with Crippen molar-refractivity contribution in [1.29, 1.82) is 0 Å². The maximum atomic E-state index is 12.8. The Kier molecular flexibility index (Phi) is 7.41. The third-order valence-electron chi connectivity index (χ3n) is 3.94. The molecule has 2 atom stereocenters. The summed E-state index contributed by atoms with van der Waals surface area (Å²) in [5.41, 5.74) is 4.35. The molecule has 28 heavy (non-hydrogen) atoms. The molecule has 0 saturated carbocycles. The van der Waals surface area contributed by atoms with E-state index in [0.717, 1.165) is 6.42 Å². The standard InChI is InChI=1S/C18H24N4O5S/c1-4-6-13(14-8-12(26-7-5-2)9-15(23)27-14)20-17(24)18(19)10-28-16(21-18)11(3)22-25/h5,8-9,13,25H,2,4,6-7,10,19H2,1,3H3,(H,20,24)/b22-11-/t13-,18+/m1/s1. The van der Waals surface area contributed by atoms with Crippen LogP contribution in [0, 0.1) is 0 Å². The zero-order valence-corrected chi connectivity index (χ0v) is 16.6. The average molecular weight is 408 g/mol. The summed E-state index contributed by atoms with van der Waals surface area (Å²) < 4.78 is 10.7. The highest BCUT2D eigenvalue weighted by Gasteiger charge is 2.40.